The first-order chi connectivity index (χ1) is 9.36. The van der Waals surface area contributed by atoms with Crippen molar-refractivity contribution in [2.24, 2.45) is 5.73 Å². The number of nitrogens with zero attached hydrogens (tertiary/aromatic N) is 1. The summed E-state index contributed by atoms with van der Waals surface area (Å²) in [6.45, 7) is 1.72. The molecule has 20 heavy (non-hydrogen) atoms. The van der Waals surface area contributed by atoms with Gasteiger partial charge in [-0.15, -0.1) is 0 Å². The third kappa shape index (κ3) is 5.16. The van der Waals surface area contributed by atoms with E-state index in [0.717, 1.165) is 0 Å². The number of hydrogen-bond acceptors (Lipinski definition) is 5. The molecule has 0 spiro atoms. The molecule has 0 radical (unpaired) electrons. The van der Waals surface area contributed by atoms with Crippen molar-refractivity contribution < 1.29 is 13.2 Å². The van der Waals surface area contributed by atoms with Crippen LogP contribution in [0.2, 0.25) is 0 Å². The zero-order valence-electron chi connectivity index (χ0n) is 11.7. The molecule has 1 rings (SSSR count). The van der Waals surface area contributed by atoms with E-state index in [0.29, 0.717) is 25.3 Å². The van der Waals surface area contributed by atoms with Gasteiger partial charge in [0, 0.05) is 25.8 Å². The van der Waals surface area contributed by atoms with Crippen molar-refractivity contribution in [2.75, 3.05) is 39.6 Å². The van der Waals surface area contributed by atoms with Crippen LogP contribution in [0.25, 0.3) is 0 Å². The summed E-state index contributed by atoms with van der Waals surface area (Å²) in [5, 5.41) is 0. The van der Waals surface area contributed by atoms with Crippen LogP contribution in [-0.2, 0) is 14.6 Å². The van der Waals surface area contributed by atoms with E-state index in [1.54, 1.807) is 25.3 Å². The minimum Gasteiger partial charge on any atom is -0.389 e. The average molecular weight is 316 g/mol. The van der Waals surface area contributed by atoms with Crippen molar-refractivity contribution in [3.05, 3.63) is 29.8 Å². The van der Waals surface area contributed by atoms with E-state index in [9.17, 15) is 8.42 Å². The predicted molar refractivity (Wildman–Crippen MR) is 83.8 cm³/mol. The molecule has 0 heterocycles. The number of hydrogen-bond donors (Lipinski definition) is 1. The first-order valence-electron chi connectivity index (χ1n) is 6.17. The van der Waals surface area contributed by atoms with E-state index >= 15 is 0 Å². The number of thiocarbonyl (C=S) groups is 1. The first-order valence-corrected chi connectivity index (χ1v) is 8.23. The Kier molecular flexibility index (Phi) is 6.54. The summed E-state index contributed by atoms with van der Waals surface area (Å²) in [6, 6.07) is 6.43. The van der Waals surface area contributed by atoms with Crippen LogP contribution in [0.15, 0.2) is 29.2 Å². The van der Waals surface area contributed by atoms with Crippen molar-refractivity contribution in [2.45, 2.75) is 4.90 Å². The first kappa shape index (κ1) is 17.0. The second kappa shape index (κ2) is 7.68. The second-order valence-electron chi connectivity index (χ2n) is 4.51. The number of ether oxygens (including phenoxy) is 1. The van der Waals surface area contributed by atoms with E-state index in [2.05, 4.69) is 0 Å². The van der Waals surface area contributed by atoms with E-state index in [4.69, 9.17) is 22.7 Å². The molecule has 0 aromatic heterocycles. The topological polar surface area (TPSA) is 72.6 Å². The van der Waals surface area contributed by atoms with Gasteiger partial charge in [0.1, 0.15) is 4.99 Å². The van der Waals surface area contributed by atoms with E-state index in [-0.39, 0.29) is 15.6 Å². The molecule has 0 aliphatic heterocycles. The summed E-state index contributed by atoms with van der Waals surface area (Å²) in [7, 11) is 0.144. The maximum absolute atomic E-state index is 12.2. The highest BCUT2D eigenvalue weighted by atomic mass is 32.2. The normalized spacial score (nSPS) is 11.8. The van der Waals surface area contributed by atoms with Crippen molar-refractivity contribution in [3.8, 4) is 0 Å². The van der Waals surface area contributed by atoms with Crippen LogP contribution >= 0.6 is 12.2 Å². The van der Waals surface area contributed by atoms with Crippen molar-refractivity contribution >= 4 is 27.0 Å². The fourth-order valence-electron chi connectivity index (χ4n) is 1.60. The number of sulfone groups is 1. The molecular weight excluding hydrogens is 296 g/mol. The van der Waals surface area contributed by atoms with Crippen LogP contribution in [-0.4, -0.2) is 57.9 Å². The van der Waals surface area contributed by atoms with Gasteiger partial charge in [0.2, 0.25) is 0 Å². The van der Waals surface area contributed by atoms with Crippen LogP contribution in [0.4, 0.5) is 0 Å². The molecule has 5 nitrogen and oxygen atoms in total. The number of methoxy groups -OCH3 is 1. The van der Waals surface area contributed by atoms with Crippen molar-refractivity contribution in [1.82, 2.24) is 4.90 Å². The third-order valence-electron chi connectivity index (χ3n) is 2.90. The van der Waals surface area contributed by atoms with Crippen LogP contribution in [0.3, 0.4) is 0 Å². The van der Waals surface area contributed by atoms with E-state index < -0.39 is 9.84 Å². The number of benzene rings is 1. The lowest BCUT2D eigenvalue weighted by Gasteiger charge is -2.16. The maximum atomic E-state index is 12.2. The minimum atomic E-state index is -3.33. The molecule has 0 aliphatic rings. The predicted octanol–water partition coefficient (Wildman–Crippen LogP) is 0.673. The highest BCUT2D eigenvalue weighted by Gasteiger charge is 2.16. The van der Waals surface area contributed by atoms with Gasteiger partial charge in [-0.2, -0.15) is 0 Å². The Bertz CT molecular complexity index is 558. The fraction of sp³-hybridized carbons (Fsp3) is 0.462. The molecule has 112 valence electrons. The molecule has 0 fully saturated rings. The van der Waals surface area contributed by atoms with Gasteiger partial charge in [-0.05, 0) is 19.2 Å². The molecular formula is C13H20N2O3S2. The molecule has 1 aromatic carbocycles. The zero-order chi connectivity index (χ0) is 15.2. The molecule has 7 heteroatoms. The zero-order valence-corrected chi connectivity index (χ0v) is 13.3. The quantitative estimate of drug-likeness (QED) is 0.711. The van der Waals surface area contributed by atoms with Crippen LogP contribution in [0, 0.1) is 0 Å². The molecule has 0 bridgehead atoms. The van der Waals surface area contributed by atoms with Gasteiger partial charge < -0.3 is 15.4 Å². The number of nitrogens with two attached hydrogens (primary N) is 1. The second-order valence-corrected chi connectivity index (χ2v) is 7.06. The summed E-state index contributed by atoms with van der Waals surface area (Å²) in [4.78, 5) is 2.36. The SMILES string of the molecule is COCCN(C)CCS(=O)(=O)c1cccc(C(N)=S)c1. The van der Waals surface area contributed by atoms with Gasteiger partial charge in [-0.1, -0.05) is 24.4 Å². The van der Waals surface area contributed by atoms with Gasteiger partial charge in [0.25, 0.3) is 0 Å². The average Bonchev–Trinajstić information content (AvgIpc) is 2.43. The summed E-state index contributed by atoms with van der Waals surface area (Å²) < 4.78 is 29.4. The van der Waals surface area contributed by atoms with Crippen LogP contribution < -0.4 is 5.73 Å². The van der Waals surface area contributed by atoms with Crippen LogP contribution in [0.5, 0.6) is 0 Å². The van der Waals surface area contributed by atoms with Gasteiger partial charge >= 0.3 is 0 Å². The Morgan fingerprint density at radius 3 is 2.70 bits per heavy atom. The Balaban J connectivity index is 2.74. The summed E-state index contributed by atoms with van der Waals surface area (Å²) in [6.07, 6.45) is 0. The van der Waals surface area contributed by atoms with Gasteiger partial charge in [-0.3, -0.25) is 0 Å². The molecule has 0 aliphatic carbocycles. The van der Waals surface area contributed by atoms with E-state index in [1.165, 1.54) is 6.07 Å². The molecule has 2 N–H and O–H groups in total. The van der Waals surface area contributed by atoms with Gasteiger partial charge in [0.15, 0.2) is 9.84 Å². The molecule has 1 aromatic rings. The lowest BCUT2D eigenvalue weighted by Crippen LogP contribution is -2.28. The summed E-state index contributed by atoms with van der Waals surface area (Å²) >= 11 is 4.86. The lowest BCUT2D eigenvalue weighted by atomic mass is 10.2. The largest absolute Gasteiger partial charge is 0.389 e. The molecule has 0 saturated heterocycles. The molecule has 0 saturated carbocycles. The maximum Gasteiger partial charge on any atom is 0.179 e. The Hall–Kier alpha value is -1.02. The highest BCUT2D eigenvalue weighted by Crippen LogP contribution is 2.13. The van der Waals surface area contributed by atoms with Gasteiger partial charge in [-0.25, -0.2) is 8.42 Å². The smallest absolute Gasteiger partial charge is 0.179 e. The summed E-state index contributed by atoms with van der Waals surface area (Å²) in [5.74, 6) is 0.0496. The Labute approximate surface area is 125 Å². The van der Waals surface area contributed by atoms with Crippen molar-refractivity contribution in [3.63, 3.8) is 0 Å². The van der Waals surface area contributed by atoms with Gasteiger partial charge in [0.05, 0.1) is 17.3 Å². The third-order valence-corrected chi connectivity index (χ3v) is 4.82. The monoisotopic (exact) mass is 316 g/mol. The molecule has 0 atom stereocenters. The number of rotatable bonds is 8. The molecule has 0 unspecified atom stereocenters. The van der Waals surface area contributed by atoms with E-state index in [1.807, 2.05) is 11.9 Å². The minimum absolute atomic E-state index is 0.0496. The van der Waals surface area contributed by atoms with Crippen LogP contribution in [0.1, 0.15) is 5.56 Å². The standard InChI is InChI=1S/C13H20N2O3S2/c1-15(6-8-18-2)7-9-20(16,17)12-5-3-4-11(10-12)13(14)19/h3-5,10H,6-9H2,1-2H3,(H2,14,19). The lowest BCUT2D eigenvalue weighted by molar-refractivity contribution is 0.164. The Morgan fingerprint density at radius 2 is 2.10 bits per heavy atom. The highest BCUT2D eigenvalue weighted by molar-refractivity contribution is 7.91. The molecule has 0 amide bonds. The summed E-state index contributed by atoms with van der Waals surface area (Å²) in [5.41, 5.74) is 6.08. The number of likely N-dealkylation sites (N-methyl/N-ethyl adjacent to an activating group) is 1. The van der Waals surface area contributed by atoms with Crippen molar-refractivity contribution in [1.29, 1.82) is 0 Å². The Morgan fingerprint density at radius 1 is 1.40 bits per heavy atom. The fourth-order valence-corrected chi connectivity index (χ4v) is 3.10.